The van der Waals surface area contributed by atoms with Crippen LogP contribution in [0.15, 0.2) is 132 Å². The van der Waals surface area contributed by atoms with Gasteiger partial charge < -0.3 is 19.5 Å². The second-order valence-electron chi connectivity index (χ2n) is 16.7. The van der Waals surface area contributed by atoms with Crippen molar-refractivity contribution in [3.63, 3.8) is 0 Å². The van der Waals surface area contributed by atoms with E-state index in [4.69, 9.17) is 0 Å². The highest BCUT2D eigenvalue weighted by molar-refractivity contribution is 6.26. The van der Waals surface area contributed by atoms with Crippen LogP contribution in [0.2, 0.25) is 0 Å². The van der Waals surface area contributed by atoms with Crippen molar-refractivity contribution in [2.45, 2.75) is 79.3 Å². The van der Waals surface area contributed by atoms with E-state index in [1.807, 2.05) is 135 Å². The molecule has 0 bridgehead atoms. The molecule has 9 nitrogen and oxygen atoms in total. The summed E-state index contributed by atoms with van der Waals surface area (Å²) in [4.78, 5) is 43.5. The quantitative estimate of drug-likeness (QED) is 0.0549. The lowest BCUT2D eigenvalue weighted by atomic mass is 9.62. The number of benzene rings is 6. The third-order valence-corrected chi connectivity index (χ3v) is 13.5. The normalized spacial score (nSPS) is 14.4. The number of carbonyl (C=O) groups excluding carboxylic acids is 3. The Kier molecular flexibility index (Phi) is 10.5. The van der Waals surface area contributed by atoms with E-state index in [1.165, 1.54) is 0 Å². The van der Waals surface area contributed by atoms with Gasteiger partial charge in [0.15, 0.2) is 17.3 Å². The zero-order chi connectivity index (χ0) is 44.2. The summed E-state index contributed by atoms with van der Waals surface area (Å²) in [5.74, 6) is -0.535. The highest BCUT2D eigenvalue weighted by Crippen LogP contribution is 2.43. The van der Waals surface area contributed by atoms with E-state index < -0.39 is 10.8 Å². The van der Waals surface area contributed by atoms with Gasteiger partial charge in [0, 0.05) is 79.0 Å². The van der Waals surface area contributed by atoms with Crippen molar-refractivity contribution in [1.29, 1.82) is 0 Å². The van der Waals surface area contributed by atoms with Gasteiger partial charge >= 0.3 is 0 Å². The van der Waals surface area contributed by atoms with Gasteiger partial charge in [0.1, 0.15) is 0 Å². The first-order valence-electron chi connectivity index (χ1n) is 21.0. The van der Waals surface area contributed by atoms with Crippen molar-refractivity contribution in [2.24, 2.45) is 10.3 Å². The Morgan fingerprint density at radius 2 is 0.855 bits per heavy atom. The summed E-state index contributed by atoms with van der Waals surface area (Å²) < 4.78 is 4.36. The molecule has 0 saturated heterocycles. The van der Waals surface area contributed by atoms with Crippen LogP contribution in [0.1, 0.15) is 95.6 Å². The number of fused-ring (bicyclic) bond motifs is 6. The Morgan fingerprint density at radius 1 is 0.516 bits per heavy atom. The molecule has 0 saturated carbocycles. The molecule has 0 aliphatic heterocycles. The Morgan fingerprint density at radius 3 is 1.19 bits per heavy atom. The lowest BCUT2D eigenvalue weighted by Crippen LogP contribution is -2.53. The highest BCUT2D eigenvalue weighted by atomic mass is 16.4. The maximum Gasteiger partial charge on any atom is 0.193 e. The van der Waals surface area contributed by atoms with Gasteiger partial charge in [0.05, 0.1) is 22.3 Å². The van der Waals surface area contributed by atoms with Gasteiger partial charge in [0.25, 0.3) is 0 Å². The number of ketones is 3. The zero-order valence-corrected chi connectivity index (χ0v) is 36.4. The Balaban J connectivity index is 1.30. The third kappa shape index (κ3) is 6.25. The molecular weight excluding hydrogens is 773 g/mol. The van der Waals surface area contributed by atoms with Crippen molar-refractivity contribution in [3.8, 4) is 0 Å². The van der Waals surface area contributed by atoms with Crippen molar-refractivity contribution in [1.82, 2.24) is 9.13 Å². The van der Waals surface area contributed by atoms with Crippen LogP contribution in [0, 0.1) is 13.8 Å². The molecule has 6 aromatic carbocycles. The molecule has 2 aromatic heterocycles. The lowest BCUT2D eigenvalue weighted by Gasteiger charge is -2.38. The van der Waals surface area contributed by atoms with Gasteiger partial charge in [0.2, 0.25) is 0 Å². The molecule has 8 aromatic rings. The largest absolute Gasteiger partial charge is 0.411 e. The van der Waals surface area contributed by atoms with Crippen LogP contribution in [0.3, 0.4) is 0 Å². The smallest absolute Gasteiger partial charge is 0.193 e. The molecule has 2 atom stereocenters. The van der Waals surface area contributed by atoms with Crippen LogP contribution in [-0.4, -0.2) is 48.3 Å². The summed E-state index contributed by atoms with van der Waals surface area (Å²) >= 11 is 0. The first-order valence-corrected chi connectivity index (χ1v) is 21.0. The zero-order valence-electron chi connectivity index (χ0n) is 36.4. The molecule has 2 N–H and O–H groups in total. The van der Waals surface area contributed by atoms with Gasteiger partial charge in [-0.15, -0.1) is 0 Å². The minimum absolute atomic E-state index is 0.0792. The van der Waals surface area contributed by atoms with Gasteiger partial charge in [-0.1, -0.05) is 71.0 Å². The molecule has 0 spiro atoms. The Bertz CT molecular complexity index is 3010. The fourth-order valence-corrected chi connectivity index (χ4v) is 9.47. The van der Waals surface area contributed by atoms with E-state index in [0.717, 1.165) is 54.7 Å². The van der Waals surface area contributed by atoms with Crippen molar-refractivity contribution >= 4 is 72.4 Å². The van der Waals surface area contributed by atoms with Crippen LogP contribution in [0.4, 0.5) is 0 Å². The lowest BCUT2D eigenvalue weighted by molar-refractivity contribution is -0.125. The van der Waals surface area contributed by atoms with Crippen LogP contribution in [-0.2, 0) is 28.7 Å². The first-order chi connectivity index (χ1) is 29.7. The Hall–Kier alpha value is -7.13. The fourth-order valence-electron chi connectivity index (χ4n) is 9.47. The average molecular weight is 823 g/mol. The minimum Gasteiger partial charge on any atom is -0.411 e. The monoisotopic (exact) mass is 822 g/mol. The fraction of sp³-hybridized carbons (Fsp3) is 0.226. The van der Waals surface area contributed by atoms with Crippen molar-refractivity contribution < 1.29 is 24.8 Å². The summed E-state index contributed by atoms with van der Waals surface area (Å²) in [7, 11) is 0. The number of aryl methyl sites for hydroxylation is 4. The summed E-state index contributed by atoms with van der Waals surface area (Å²) in [6, 6.07) is 38.2. The van der Waals surface area contributed by atoms with E-state index in [2.05, 4.69) is 33.3 Å². The van der Waals surface area contributed by atoms with Gasteiger partial charge in [-0.3, -0.25) is 14.4 Å². The number of aromatic nitrogens is 2. The molecule has 2 unspecified atom stereocenters. The standard InChI is InChI=1S/C53H50N4O5/c1-9-56-45-23-19-35(49(58)39-17-13-11-15-31(39)3)27-41(45)43-29-37(21-25-47(43)56)52(7,33(5)54-61)51(60)53(8,34(6)55-62)38-22-26-48-44(30-38)42-28-36(20-24-46(42)57(48)10-2)50(59)40-18-14-12-16-32(40)4/h11-30,61-62H,9-10H2,1-8H3. The van der Waals surface area contributed by atoms with Crippen molar-refractivity contribution in [3.05, 3.63) is 166 Å². The van der Waals surface area contributed by atoms with Crippen LogP contribution in [0.5, 0.6) is 0 Å². The van der Waals surface area contributed by atoms with Crippen LogP contribution in [0.25, 0.3) is 43.6 Å². The SMILES string of the molecule is CCn1c2ccc(C(=O)c3ccccc3C)cc2c2cc(C(C)(C(=O)C(C)(C(C)=NO)c3ccc4c(c3)c3cc(C(=O)c5ccccc5C)ccc3n4CC)C(C)=NO)ccc21. The number of hydrogen-bond donors (Lipinski definition) is 2. The molecule has 0 amide bonds. The Labute approximate surface area is 360 Å². The maximum atomic E-state index is 15.8. The average Bonchev–Trinajstić information content (AvgIpc) is 3.80. The molecule has 0 fully saturated rings. The van der Waals surface area contributed by atoms with E-state index in [9.17, 15) is 20.0 Å². The van der Waals surface area contributed by atoms with E-state index in [-0.39, 0.29) is 28.8 Å². The van der Waals surface area contributed by atoms with E-state index >= 15 is 4.79 Å². The van der Waals surface area contributed by atoms with Crippen LogP contribution >= 0.6 is 0 Å². The predicted octanol–water partition coefficient (Wildman–Crippen LogP) is 11.5. The van der Waals surface area contributed by atoms with Crippen LogP contribution < -0.4 is 0 Å². The van der Waals surface area contributed by atoms with Gasteiger partial charge in [-0.05, 0) is 138 Å². The molecule has 0 aliphatic rings. The summed E-state index contributed by atoms with van der Waals surface area (Å²) in [6.07, 6.45) is 0. The number of hydrogen-bond acceptors (Lipinski definition) is 7. The summed E-state index contributed by atoms with van der Waals surface area (Å²) in [6.45, 7) is 16.0. The second kappa shape index (κ2) is 15.7. The highest BCUT2D eigenvalue weighted by Gasteiger charge is 2.51. The van der Waals surface area contributed by atoms with Crippen molar-refractivity contribution in [2.75, 3.05) is 0 Å². The summed E-state index contributed by atoms with van der Waals surface area (Å²) in [5, 5.41) is 31.7. The maximum absolute atomic E-state index is 15.8. The molecule has 8 rings (SSSR count). The topological polar surface area (TPSA) is 126 Å². The number of nitrogens with zero attached hydrogens (tertiary/aromatic N) is 4. The molecule has 2 heterocycles. The second-order valence-corrected chi connectivity index (χ2v) is 16.7. The molecule has 62 heavy (non-hydrogen) atoms. The van der Waals surface area contributed by atoms with Gasteiger partial charge in [-0.25, -0.2) is 0 Å². The molecule has 0 radical (unpaired) electrons. The number of Topliss-reactive ketones (excluding diaryl/α,β-unsaturated/α-hetero) is 1. The number of oxime groups is 2. The molecule has 312 valence electrons. The molecular formula is C53H50N4O5. The minimum atomic E-state index is -1.54. The predicted molar refractivity (Wildman–Crippen MR) is 249 cm³/mol. The molecule has 0 aliphatic carbocycles. The number of rotatable bonds is 12. The number of carbonyl (C=O) groups is 3. The molecule has 9 heteroatoms. The van der Waals surface area contributed by atoms with Gasteiger partial charge in [-0.2, -0.15) is 0 Å². The summed E-state index contributed by atoms with van der Waals surface area (Å²) in [5.41, 5.74) is 6.22. The van der Waals surface area contributed by atoms with E-state index in [1.54, 1.807) is 27.7 Å². The van der Waals surface area contributed by atoms with E-state index in [0.29, 0.717) is 46.5 Å². The third-order valence-electron chi connectivity index (χ3n) is 13.5. The first kappa shape index (κ1) is 41.6.